The summed E-state index contributed by atoms with van der Waals surface area (Å²) in [6.07, 6.45) is 7.92. The number of hydrogen-bond donors (Lipinski definition) is 0. The van der Waals surface area contributed by atoms with E-state index in [0.29, 0.717) is 12.1 Å². The summed E-state index contributed by atoms with van der Waals surface area (Å²) in [5, 5.41) is 0. The highest BCUT2D eigenvalue weighted by atomic mass is 16.5. The number of piperidine rings is 1. The molecule has 1 saturated carbocycles. The van der Waals surface area contributed by atoms with Crippen molar-refractivity contribution >= 4 is 11.6 Å². The van der Waals surface area contributed by atoms with Crippen LogP contribution in [0.25, 0.3) is 0 Å². The van der Waals surface area contributed by atoms with Crippen LogP contribution in [0.4, 0.5) is 11.6 Å². The van der Waals surface area contributed by atoms with Crippen molar-refractivity contribution in [1.82, 2.24) is 14.9 Å². The second-order valence-electron chi connectivity index (χ2n) is 9.11. The van der Waals surface area contributed by atoms with Crippen molar-refractivity contribution < 1.29 is 4.74 Å². The molecule has 2 aliphatic heterocycles. The van der Waals surface area contributed by atoms with E-state index in [1.165, 1.54) is 36.8 Å². The van der Waals surface area contributed by atoms with Crippen LogP contribution < -0.4 is 9.80 Å². The molecule has 0 radical (unpaired) electrons. The Bertz CT molecular complexity index is 860. The van der Waals surface area contributed by atoms with Gasteiger partial charge in [0.05, 0.1) is 12.7 Å². The van der Waals surface area contributed by atoms with Crippen molar-refractivity contribution in [3.63, 3.8) is 0 Å². The molecule has 3 aliphatic rings. The maximum atomic E-state index is 6.16. The Balaban J connectivity index is 1.24. The normalized spacial score (nSPS) is 22.5. The van der Waals surface area contributed by atoms with Gasteiger partial charge in [0, 0.05) is 51.9 Å². The Kier molecular flexibility index (Phi) is 5.61. The molecule has 6 nitrogen and oxygen atoms in total. The molecule has 3 heterocycles. The van der Waals surface area contributed by atoms with Gasteiger partial charge in [-0.1, -0.05) is 24.3 Å². The average molecular weight is 408 g/mol. The van der Waals surface area contributed by atoms with Gasteiger partial charge in [-0.05, 0) is 43.2 Å². The molecule has 2 aromatic rings. The van der Waals surface area contributed by atoms with Crippen LogP contribution in [0.1, 0.15) is 42.9 Å². The minimum atomic E-state index is 0.218. The molecule has 1 aromatic carbocycles. The fourth-order valence-electron chi connectivity index (χ4n) is 4.99. The lowest BCUT2D eigenvalue weighted by molar-refractivity contribution is 0.0108. The van der Waals surface area contributed by atoms with Gasteiger partial charge >= 0.3 is 0 Å². The number of rotatable bonds is 6. The number of aromatic nitrogens is 2. The molecule has 0 N–H and O–H groups in total. The molecule has 0 amide bonds. The topological polar surface area (TPSA) is 44.7 Å². The predicted octanol–water partition coefficient (Wildman–Crippen LogP) is 3.29. The SMILES string of the molecule is CN(C)c1cc(N(C2CC2)C2CCN(CC3OCCc4ccccc43)CC2)ncn1. The van der Waals surface area contributed by atoms with Crippen molar-refractivity contribution in [2.24, 2.45) is 0 Å². The average Bonchev–Trinajstić information content (AvgIpc) is 3.61. The van der Waals surface area contributed by atoms with Crippen molar-refractivity contribution in [1.29, 1.82) is 0 Å². The van der Waals surface area contributed by atoms with Gasteiger partial charge in [-0.2, -0.15) is 0 Å². The Morgan fingerprint density at radius 3 is 2.50 bits per heavy atom. The third-order valence-electron chi connectivity index (χ3n) is 6.77. The molecule has 5 rings (SSSR count). The van der Waals surface area contributed by atoms with E-state index in [2.05, 4.69) is 55.0 Å². The van der Waals surface area contributed by atoms with E-state index >= 15 is 0 Å². The fraction of sp³-hybridized carbons (Fsp3) is 0.583. The molecule has 1 aliphatic carbocycles. The summed E-state index contributed by atoms with van der Waals surface area (Å²) in [5.74, 6) is 2.08. The fourth-order valence-corrected chi connectivity index (χ4v) is 4.99. The largest absolute Gasteiger partial charge is 0.372 e. The first-order chi connectivity index (χ1) is 14.7. The summed E-state index contributed by atoms with van der Waals surface area (Å²) < 4.78 is 6.16. The van der Waals surface area contributed by atoms with E-state index in [4.69, 9.17) is 4.74 Å². The van der Waals surface area contributed by atoms with Crippen LogP contribution in [0.5, 0.6) is 0 Å². The second kappa shape index (κ2) is 8.52. The summed E-state index contributed by atoms with van der Waals surface area (Å²) in [6, 6.07) is 12.2. The van der Waals surface area contributed by atoms with E-state index in [-0.39, 0.29) is 6.10 Å². The van der Waals surface area contributed by atoms with Gasteiger partial charge < -0.3 is 19.4 Å². The first kappa shape index (κ1) is 19.8. The molecule has 2 fully saturated rings. The quantitative estimate of drug-likeness (QED) is 0.732. The maximum Gasteiger partial charge on any atom is 0.134 e. The number of ether oxygens (including phenoxy) is 1. The minimum absolute atomic E-state index is 0.218. The van der Waals surface area contributed by atoms with Crippen LogP contribution in [0.3, 0.4) is 0 Å². The summed E-state index contributed by atoms with van der Waals surface area (Å²) in [5.41, 5.74) is 2.85. The number of benzene rings is 1. The number of fused-ring (bicyclic) bond motifs is 1. The highest BCUT2D eigenvalue weighted by Crippen LogP contribution is 2.36. The molecule has 1 unspecified atom stereocenters. The number of hydrogen-bond acceptors (Lipinski definition) is 6. The van der Waals surface area contributed by atoms with Crippen molar-refractivity contribution in [2.45, 2.75) is 50.3 Å². The van der Waals surface area contributed by atoms with E-state index < -0.39 is 0 Å². The standard InChI is InChI=1S/C24H33N5O/c1-27(2)23-15-24(26-17-25-23)29(19-7-8-19)20-9-12-28(13-10-20)16-22-21-6-4-3-5-18(21)11-14-30-22/h3-6,15,17,19-20,22H,7-14,16H2,1-2H3. The predicted molar refractivity (Wildman–Crippen MR) is 120 cm³/mol. The zero-order valence-corrected chi connectivity index (χ0v) is 18.2. The van der Waals surface area contributed by atoms with Crippen LogP contribution >= 0.6 is 0 Å². The lowest BCUT2D eigenvalue weighted by atomic mass is 9.96. The van der Waals surface area contributed by atoms with Gasteiger partial charge in [0.15, 0.2) is 0 Å². The number of nitrogens with zero attached hydrogens (tertiary/aromatic N) is 5. The van der Waals surface area contributed by atoms with Crippen LogP contribution in [0.15, 0.2) is 36.7 Å². The molecule has 1 atom stereocenters. The molecule has 6 heteroatoms. The second-order valence-corrected chi connectivity index (χ2v) is 9.11. The molecule has 160 valence electrons. The Morgan fingerprint density at radius 1 is 1.00 bits per heavy atom. The van der Waals surface area contributed by atoms with Crippen LogP contribution in [0, 0.1) is 0 Å². The molecule has 1 saturated heterocycles. The molecular weight excluding hydrogens is 374 g/mol. The van der Waals surface area contributed by atoms with E-state index in [1.54, 1.807) is 6.33 Å². The van der Waals surface area contributed by atoms with Crippen LogP contribution in [0.2, 0.25) is 0 Å². The Hall–Kier alpha value is -2.18. The van der Waals surface area contributed by atoms with Crippen molar-refractivity contribution in [3.05, 3.63) is 47.8 Å². The zero-order valence-electron chi connectivity index (χ0n) is 18.2. The lowest BCUT2D eigenvalue weighted by Crippen LogP contribution is -2.47. The van der Waals surface area contributed by atoms with E-state index in [1.807, 2.05) is 14.1 Å². The van der Waals surface area contributed by atoms with Gasteiger partial charge in [-0.15, -0.1) is 0 Å². The first-order valence-electron chi connectivity index (χ1n) is 11.4. The monoisotopic (exact) mass is 407 g/mol. The molecule has 0 bridgehead atoms. The third kappa shape index (κ3) is 4.16. The summed E-state index contributed by atoms with van der Waals surface area (Å²) >= 11 is 0. The van der Waals surface area contributed by atoms with Gasteiger partial charge in [0.1, 0.15) is 18.0 Å². The summed E-state index contributed by atoms with van der Waals surface area (Å²) in [7, 11) is 4.08. The first-order valence-corrected chi connectivity index (χ1v) is 11.4. The van der Waals surface area contributed by atoms with Gasteiger partial charge in [0.25, 0.3) is 0 Å². The zero-order chi connectivity index (χ0) is 20.5. The molecule has 0 spiro atoms. The van der Waals surface area contributed by atoms with Gasteiger partial charge in [-0.25, -0.2) is 9.97 Å². The maximum absolute atomic E-state index is 6.16. The summed E-state index contributed by atoms with van der Waals surface area (Å²) in [6.45, 7) is 4.10. The minimum Gasteiger partial charge on any atom is -0.372 e. The van der Waals surface area contributed by atoms with Crippen LogP contribution in [-0.2, 0) is 11.2 Å². The molecule has 30 heavy (non-hydrogen) atoms. The molecular formula is C24H33N5O. The van der Waals surface area contributed by atoms with Gasteiger partial charge in [0.2, 0.25) is 0 Å². The Labute approximate surface area is 179 Å². The number of anilines is 2. The van der Waals surface area contributed by atoms with Crippen molar-refractivity contribution in [3.8, 4) is 0 Å². The highest BCUT2D eigenvalue weighted by molar-refractivity contribution is 5.51. The third-order valence-corrected chi connectivity index (χ3v) is 6.77. The Morgan fingerprint density at radius 2 is 1.73 bits per heavy atom. The summed E-state index contributed by atoms with van der Waals surface area (Å²) in [4.78, 5) is 16.3. The van der Waals surface area contributed by atoms with E-state index in [9.17, 15) is 0 Å². The molecule has 1 aromatic heterocycles. The smallest absolute Gasteiger partial charge is 0.134 e. The van der Waals surface area contributed by atoms with E-state index in [0.717, 1.165) is 44.3 Å². The van der Waals surface area contributed by atoms with Crippen molar-refractivity contribution in [2.75, 3.05) is 50.1 Å². The lowest BCUT2D eigenvalue weighted by Gasteiger charge is -2.41. The highest BCUT2D eigenvalue weighted by Gasteiger charge is 2.37. The van der Waals surface area contributed by atoms with Crippen LogP contribution in [-0.4, -0.2) is 67.3 Å². The number of likely N-dealkylation sites (tertiary alicyclic amines) is 1. The van der Waals surface area contributed by atoms with Gasteiger partial charge in [-0.3, -0.25) is 0 Å².